The number of nitrogens with zero attached hydrogens (tertiary/aromatic N) is 1. The number of likely N-dealkylation sites (N-methyl/N-ethyl adjacent to an activating group) is 1. The minimum atomic E-state index is -0.842. The summed E-state index contributed by atoms with van der Waals surface area (Å²) in [4.78, 5) is 13.6. The Kier molecular flexibility index (Phi) is 6.65. The summed E-state index contributed by atoms with van der Waals surface area (Å²) in [6.07, 6.45) is -0.842. The second-order valence-corrected chi connectivity index (χ2v) is 5.51. The first-order chi connectivity index (χ1) is 12.0. The molecule has 1 N–H and O–H groups in total. The van der Waals surface area contributed by atoms with E-state index in [1.807, 2.05) is 18.2 Å². The molecule has 6 nitrogen and oxygen atoms in total. The van der Waals surface area contributed by atoms with E-state index in [2.05, 4.69) is 0 Å². The molecule has 134 valence electrons. The van der Waals surface area contributed by atoms with Gasteiger partial charge >= 0.3 is 0 Å². The van der Waals surface area contributed by atoms with Crippen LogP contribution in [-0.2, 0) is 4.79 Å². The van der Waals surface area contributed by atoms with Crippen LogP contribution in [0.25, 0.3) is 0 Å². The smallest absolute Gasteiger partial charge is 0.260 e. The second-order valence-electron chi connectivity index (χ2n) is 5.51. The van der Waals surface area contributed by atoms with Gasteiger partial charge in [0.25, 0.3) is 5.91 Å². The Hall–Kier alpha value is -2.73. The second kappa shape index (κ2) is 8.94. The highest BCUT2D eigenvalue weighted by Crippen LogP contribution is 2.30. The molecule has 2 rings (SSSR count). The predicted molar refractivity (Wildman–Crippen MR) is 94.1 cm³/mol. The van der Waals surface area contributed by atoms with Crippen molar-refractivity contribution in [3.8, 4) is 17.2 Å². The van der Waals surface area contributed by atoms with Crippen LogP contribution in [0.1, 0.15) is 11.7 Å². The van der Waals surface area contributed by atoms with Gasteiger partial charge in [0, 0.05) is 7.05 Å². The van der Waals surface area contributed by atoms with E-state index < -0.39 is 6.10 Å². The maximum absolute atomic E-state index is 12.2. The monoisotopic (exact) mass is 345 g/mol. The van der Waals surface area contributed by atoms with E-state index in [0.29, 0.717) is 22.8 Å². The van der Waals surface area contributed by atoms with Gasteiger partial charge < -0.3 is 24.2 Å². The molecular weight excluding hydrogens is 322 g/mol. The zero-order chi connectivity index (χ0) is 18.2. The molecule has 0 aliphatic rings. The first kappa shape index (κ1) is 18.6. The van der Waals surface area contributed by atoms with Gasteiger partial charge in [-0.2, -0.15) is 0 Å². The van der Waals surface area contributed by atoms with Crippen molar-refractivity contribution >= 4 is 5.91 Å². The molecule has 1 atom stereocenters. The molecule has 0 radical (unpaired) electrons. The molecule has 25 heavy (non-hydrogen) atoms. The Balaban J connectivity index is 1.92. The lowest BCUT2D eigenvalue weighted by Gasteiger charge is -2.22. The zero-order valence-corrected chi connectivity index (χ0v) is 14.6. The summed E-state index contributed by atoms with van der Waals surface area (Å²) in [5, 5.41) is 10.4. The Labute approximate surface area is 147 Å². The number of carbonyl (C=O) groups excluding carboxylic acids is 1. The first-order valence-corrected chi connectivity index (χ1v) is 7.87. The van der Waals surface area contributed by atoms with Crippen LogP contribution in [0.15, 0.2) is 48.5 Å². The Morgan fingerprint density at radius 1 is 1.08 bits per heavy atom. The minimum absolute atomic E-state index is 0.0842. The molecule has 0 fully saturated rings. The molecule has 0 saturated heterocycles. The minimum Gasteiger partial charge on any atom is -0.493 e. The van der Waals surface area contributed by atoms with Crippen LogP contribution in [0.2, 0.25) is 0 Å². The van der Waals surface area contributed by atoms with Crippen molar-refractivity contribution < 1.29 is 24.1 Å². The van der Waals surface area contributed by atoms with Crippen molar-refractivity contribution in [3.63, 3.8) is 0 Å². The summed E-state index contributed by atoms with van der Waals surface area (Å²) in [6, 6.07) is 14.3. The van der Waals surface area contributed by atoms with Gasteiger partial charge in [-0.05, 0) is 29.8 Å². The molecule has 0 bridgehead atoms. The predicted octanol–water partition coefficient (Wildman–Crippen LogP) is 2.27. The lowest BCUT2D eigenvalue weighted by Crippen LogP contribution is -2.34. The molecule has 0 heterocycles. The highest BCUT2D eigenvalue weighted by Gasteiger charge is 2.17. The molecule has 0 aliphatic heterocycles. The maximum Gasteiger partial charge on any atom is 0.260 e. The van der Waals surface area contributed by atoms with Crippen LogP contribution in [0.4, 0.5) is 0 Å². The van der Waals surface area contributed by atoms with Gasteiger partial charge in [-0.15, -0.1) is 0 Å². The van der Waals surface area contributed by atoms with Gasteiger partial charge in [0.15, 0.2) is 18.1 Å². The summed E-state index contributed by atoms with van der Waals surface area (Å²) in [6.45, 7) is 0.0611. The standard InChI is InChI=1S/C19H23NO5/c1-20(19(22)13-25-15-7-5-4-6-8-15)12-16(21)14-9-10-17(23-2)18(11-14)24-3/h4-11,16,21H,12-13H2,1-3H3. The molecule has 2 aromatic rings. The number of aliphatic hydroxyl groups is 1. The third-order valence-electron chi connectivity index (χ3n) is 3.77. The summed E-state index contributed by atoms with van der Waals surface area (Å²) < 4.78 is 15.8. The lowest BCUT2D eigenvalue weighted by molar-refractivity contribution is -0.133. The highest BCUT2D eigenvalue weighted by molar-refractivity contribution is 5.77. The van der Waals surface area contributed by atoms with Crippen LogP contribution in [0.3, 0.4) is 0 Å². The molecule has 1 unspecified atom stereocenters. The summed E-state index contributed by atoms with van der Waals surface area (Å²) in [5.41, 5.74) is 0.640. The van der Waals surface area contributed by atoms with E-state index in [1.165, 1.54) is 12.0 Å². The average Bonchev–Trinajstić information content (AvgIpc) is 2.66. The number of hydrogen-bond donors (Lipinski definition) is 1. The number of methoxy groups -OCH3 is 2. The van der Waals surface area contributed by atoms with Crippen LogP contribution in [-0.4, -0.2) is 50.3 Å². The fourth-order valence-corrected chi connectivity index (χ4v) is 2.30. The third-order valence-corrected chi connectivity index (χ3v) is 3.77. The molecular formula is C19H23NO5. The fraction of sp³-hybridized carbons (Fsp3) is 0.316. The van der Waals surface area contributed by atoms with Crippen molar-refractivity contribution in [2.24, 2.45) is 0 Å². The number of benzene rings is 2. The Bertz CT molecular complexity index is 689. The van der Waals surface area contributed by atoms with Gasteiger partial charge in [0.2, 0.25) is 0 Å². The Morgan fingerprint density at radius 2 is 1.76 bits per heavy atom. The van der Waals surface area contributed by atoms with Crippen molar-refractivity contribution in [1.82, 2.24) is 4.90 Å². The number of para-hydroxylation sites is 1. The molecule has 2 aromatic carbocycles. The molecule has 1 amide bonds. The van der Waals surface area contributed by atoms with E-state index in [1.54, 1.807) is 44.5 Å². The van der Waals surface area contributed by atoms with Crippen LogP contribution < -0.4 is 14.2 Å². The summed E-state index contributed by atoms with van der Waals surface area (Å²) >= 11 is 0. The molecule has 6 heteroatoms. The van der Waals surface area contributed by atoms with Gasteiger partial charge in [0.1, 0.15) is 5.75 Å². The maximum atomic E-state index is 12.2. The zero-order valence-electron chi connectivity index (χ0n) is 14.6. The molecule has 0 aliphatic carbocycles. The van der Waals surface area contributed by atoms with Gasteiger partial charge in [-0.25, -0.2) is 0 Å². The normalized spacial score (nSPS) is 11.5. The van der Waals surface area contributed by atoms with E-state index >= 15 is 0 Å². The van der Waals surface area contributed by atoms with E-state index in [0.717, 1.165) is 0 Å². The van der Waals surface area contributed by atoms with Crippen molar-refractivity contribution in [3.05, 3.63) is 54.1 Å². The van der Waals surface area contributed by atoms with Crippen LogP contribution in [0.5, 0.6) is 17.2 Å². The van der Waals surface area contributed by atoms with E-state index in [9.17, 15) is 9.90 Å². The van der Waals surface area contributed by atoms with Crippen LogP contribution in [0, 0.1) is 0 Å². The molecule has 0 saturated carbocycles. The number of rotatable bonds is 8. The number of aliphatic hydroxyl groups excluding tert-OH is 1. The number of hydrogen-bond acceptors (Lipinski definition) is 5. The van der Waals surface area contributed by atoms with Gasteiger partial charge in [-0.1, -0.05) is 24.3 Å². The topological polar surface area (TPSA) is 68.2 Å². The van der Waals surface area contributed by atoms with Crippen molar-refractivity contribution in [2.45, 2.75) is 6.10 Å². The lowest BCUT2D eigenvalue weighted by atomic mass is 10.1. The fourth-order valence-electron chi connectivity index (χ4n) is 2.30. The van der Waals surface area contributed by atoms with Crippen molar-refractivity contribution in [1.29, 1.82) is 0 Å². The Morgan fingerprint density at radius 3 is 2.40 bits per heavy atom. The number of carbonyl (C=O) groups is 1. The van der Waals surface area contributed by atoms with Gasteiger partial charge in [-0.3, -0.25) is 4.79 Å². The van der Waals surface area contributed by atoms with Crippen molar-refractivity contribution in [2.75, 3.05) is 34.4 Å². The largest absolute Gasteiger partial charge is 0.493 e. The molecule has 0 spiro atoms. The third kappa shape index (κ3) is 5.12. The SMILES string of the molecule is COc1ccc(C(O)CN(C)C(=O)COc2ccccc2)cc1OC. The number of ether oxygens (including phenoxy) is 3. The van der Waals surface area contributed by atoms with E-state index in [4.69, 9.17) is 14.2 Å². The van der Waals surface area contributed by atoms with E-state index in [-0.39, 0.29) is 19.1 Å². The number of amides is 1. The van der Waals surface area contributed by atoms with Crippen LogP contribution >= 0.6 is 0 Å². The van der Waals surface area contributed by atoms with Gasteiger partial charge in [0.05, 0.1) is 26.9 Å². The summed E-state index contributed by atoms with van der Waals surface area (Å²) in [7, 11) is 4.71. The highest BCUT2D eigenvalue weighted by atomic mass is 16.5. The molecule has 0 aromatic heterocycles. The average molecular weight is 345 g/mol. The summed E-state index contributed by atoms with van der Waals surface area (Å²) in [5.74, 6) is 1.52. The first-order valence-electron chi connectivity index (χ1n) is 7.87. The quantitative estimate of drug-likeness (QED) is 0.795.